The number of hydrogen-bond acceptors (Lipinski definition) is 8. The third kappa shape index (κ3) is 5.89. The van der Waals surface area contributed by atoms with Crippen molar-refractivity contribution >= 4 is 24.0 Å². The second kappa shape index (κ2) is 9.78. The fourth-order valence-corrected chi connectivity index (χ4v) is 3.99. The van der Waals surface area contributed by atoms with Crippen LogP contribution >= 0.6 is 0 Å². The smallest absolute Gasteiger partial charge is 0.415 e. The summed E-state index contributed by atoms with van der Waals surface area (Å²) >= 11 is 0. The van der Waals surface area contributed by atoms with Crippen LogP contribution in [0, 0.1) is 5.82 Å². The molecular formula is C23H29FN6O4. The molecule has 10 nitrogen and oxygen atoms in total. The molecule has 182 valence electrons. The van der Waals surface area contributed by atoms with Crippen LogP contribution in [0.25, 0.3) is 11.3 Å². The maximum absolute atomic E-state index is 14.6. The molecule has 2 aromatic heterocycles. The highest BCUT2D eigenvalue weighted by Gasteiger charge is 2.27. The average Bonchev–Trinajstić information content (AvgIpc) is 3.21. The zero-order valence-electron chi connectivity index (χ0n) is 19.5. The summed E-state index contributed by atoms with van der Waals surface area (Å²) in [6, 6.07) is 3.38. The van der Waals surface area contributed by atoms with Gasteiger partial charge in [-0.1, -0.05) is 0 Å². The van der Waals surface area contributed by atoms with E-state index in [1.165, 1.54) is 11.1 Å². The van der Waals surface area contributed by atoms with Crippen molar-refractivity contribution in [2.45, 2.75) is 64.1 Å². The van der Waals surface area contributed by atoms with E-state index in [9.17, 15) is 14.0 Å². The molecule has 2 aromatic rings. The Morgan fingerprint density at radius 3 is 2.62 bits per heavy atom. The van der Waals surface area contributed by atoms with Crippen LogP contribution in [0.15, 0.2) is 24.5 Å². The van der Waals surface area contributed by atoms with Crippen LogP contribution < -0.4 is 15.5 Å². The summed E-state index contributed by atoms with van der Waals surface area (Å²) in [7, 11) is 0. The van der Waals surface area contributed by atoms with Crippen LogP contribution in [0.4, 0.5) is 25.7 Å². The number of hydrogen-bond donors (Lipinski definition) is 2. The van der Waals surface area contributed by atoms with E-state index in [2.05, 4.69) is 25.6 Å². The van der Waals surface area contributed by atoms with E-state index in [0.29, 0.717) is 23.9 Å². The third-order valence-corrected chi connectivity index (χ3v) is 5.58. The predicted octanol–water partition coefficient (Wildman–Crippen LogP) is 3.88. The van der Waals surface area contributed by atoms with E-state index < -0.39 is 23.6 Å². The van der Waals surface area contributed by atoms with Crippen LogP contribution in [0.1, 0.15) is 46.5 Å². The number of nitrogens with zero attached hydrogens (tertiary/aromatic N) is 4. The lowest BCUT2D eigenvalue weighted by molar-refractivity contribution is 0.0492. The van der Waals surface area contributed by atoms with Crippen LogP contribution in [-0.4, -0.2) is 58.0 Å². The number of ether oxygens (including phenoxy) is 2. The Labute approximate surface area is 197 Å². The molecule has 2 aliphatic rings. The van der Waals surface area contributed by atoms with Crippen molar-refractivity contribution < 1.29 is 23.5 Å². The number of cyclic esters (lactones) is 1. The summed E-state index contributed by atoms with van der Waals surface area (Å²) in [6.45, 7) is 6.17. The topological polar surface area (TPSA) is 119 Å². The second-order valence-electron chi connectivity index (χ2n) is 9.40. The number of aromatic nitrogens is 3. The maximum atomic E-state index is 14.6. The molecule has 4 rings (SSSR count). The van der Waals surface area contributed by atoms with E-state index in [4.69, 9.17) is 9.47 Å². The van der Waals surface area contributed by atoms with Gasteiger partial charge < -0.3 is 20.1 Å². The second-order valence-corrected chi connectivity index (χ2v) is 9.40. The monoisotopic (exact) mass is 472 g/mol. The highest BCUT2D eigenvalue weighted by molar-refractivity contribution is 5.88. The Balaban J connectivity index is 1.38. The molecule has 1 saturated carbocycles. The number of nitrogens with one attached hydrogen (secondary N) is 2. The zero-order chi connectivity index (χ0) is 24.3. The molecule has 0 radical (unpaired) electrons. The van der Waals surface area contributed by atoms with Gasteiger partial charge >= 0.3 is 12.2 Å². The van der Waals surface area contributed by atoms with E-state index >= 15 is 0 Å². The minimum atomic E-state index is -0.572. The fourth-order valence-electron chi connectivity index (χ4n) is 3.99. The molecule has 1 saturated heterocycles. The van der Waals surface area contributed by atoms with Crippen LogP contribution in [-0.2, 0) is 9.47 Å². The van der Waals surface area contributed by atoms with Gasteiger partial charge in [0.05, 0.1) is 12.7 Å². The van der Waals surface area contributed by atoms with Gasteiger partial charge in [-0.3, -0.25) is 4.90 Å². The molecule has 1 aliphatic carbocycles. The molecule has 0 aromatic carbocycles. The van der Waals surface area contributed by atoms with Gasteiger partial charge in [0.15, 0.2) is 5.82 Å². The minimum absolute atomic E-state index is 0.0464. The van der Waals surface area contributed by atoms with Crippen molar-refractivity contribution in [3.05, 3.63) is 30.3 Å². The minimum Gasteiger partial charge on any atom is -0.447 e. The first kappa shape index (κ1) is 23.7. The normalized spacial score (nSPS) is 20.6. The van der Waals surface area contributed by atoms with Crippen molar-refractivity contribution in [1.29, 1.82) is 0 Å². The molecule has 0 spiro atoms. The third-order valence-electron chi connectivity index (χ3n) is 5.58. The Kier molecular flexibility index (Phi) is 6.80. The molecule has 3 heterocycles. The van der Waals surface area contributed by atoms with Gasteiger partial charge in [0.25, 0.3) is 0 Å². The Morgan fingerprint density at radius 1 is 1.21 bits per heavy atom. The van der Waals surface area contributed by atoms with E-state index in [1.54, 1.807) is 12.1 Å². The van der Waals surface area contributed by atoms with Gasteiger partial charge in [-0.25, -0.2) is 28.9 Å². The highest BCUT2D eigenvalue weighted by Crippen LogP contribution is 2.27. The highest BCUT2D eigenvalue weighted by atomic mass is 19.1. The molecule has 0 unspecified atom stereocenters. The lowest BCUT2D eigenvalue weighted by Crippen LogP contribution is -2.42. The summed E-state index contributed by atoms with van der Waals surface area (Å²) in [5.74, 6) is 0.124. The first-order chi connectivity index (χ1) is 16.2. The maximum Gasteiger partial charge on any atom is 0.415 e. The number of carbonyl (C=O) groups is 2. The summed E-state index contributed by atoms with van der Waals surface area (Å²) < 4.78 is 24.9. The first-order valence-electron chi connectivity index (χ1n) is 11.4. The fraction of sp³-hybridized carbons (Fsp3) is 0.522. The molecule has 0 bridgehead atoms. The van der Waals surface area contributed by atoms with Gasteiger partial charge in [-0.05, 0) is 58.6 Å². The van der Waals surface area contributed by atoms with E-state index in [1.807, 2.05) is 20.8 Å². The molecule has 2 fully saturated rings. The summed E-state index contributed by atoms with van der Waals surface area (Å²) in [5.41, 5.74) is 0.0697. The molecular weight excluding hydrogens is 443 g/mol. The van der Waals surface area contributed by atoms with Gasteiger partial charge in [-0.15, -0.1) is 0 Å². The standard InChI is InChI=1S/C23H29FN6O4/c1-23(2,3)34-21(31)28-16-6-4-15(5-7-16)27-20-26-13-17(24)19(29-20)14-8-9-25-18(12-14)30-10-11-33-22(30)32/h8-9,12-13,15-16H,4-7,10-11H2,1-3H3,(H,28,31)(H,26,27,29)/t15-,16-. The van der Waals surface area contributed by atoms with Crippen LogP contribution in [0.5, 0.6) is 0 Å². The van der Waals surface area contributed by atoms with Gasteiger partial charge in [0, 0.05) is 23.8 Å². The molecule has 11 heteroatoms. The average molecular weight is 473 g/mol. The van der Waals surface area contributed by atoms with Crippen molar-refractivity contribution in [1.82, 2.24) is 20.3 Å². The summed E-state index contributed by atoms with van der Waals surface area (Å²) in [4.78, 5) is 37.9. The molecule has 1 aliphatic heterocycles. The molecule has 34 heavy (non-hydrogen) atoms. The summed E-state index contributed by atoms with van der Waals surface area (Å²) in [6.07, 6.45) is 4.91. The Bertz CT molecular complexity index is 1050. The lowest BCUT2D eigenvalue weighted by Gasteiger charge is -2.30. The number of pyridine rings is 1. The lowest BCUT2D eigenvalue weighted by atomic mass is 9.91. The van der Waals surface area contributed by atoms with Crippen LogP contribution in [0.3, 0.4) is 0 Å². The van der Waals surface area contributed by atoms with Gasteiger partial charge in [0.1, 0.15) is 23.7 Å². The first-order valence-corrected chi connectivity index (χ1v) is 11.4. The van der Waals surface area contributed by atoms with Gasteiger partial charge in [0.2, 0.25) is 5.95 Å². The zero-order valence-corrected chi connectivity index (χ0v) is 19.5. The molecule has 2 N–H and O–H groups in total. The van der Waals surface area contributed by atoms with Crippen molar-refractivity contribution in [3.63, 3.8) is 0 Å². The quantitative estimate of drug-likeness (QED) is 0.673. The number of amides is 2. The van der Waals surface area contributed by atoms with Crippen LogP contribution in [0.2, 0.25) is 0 Å². The number of anilines is 2. The SMILES string of the molecule is CC(C)(C)OC(=O)N[C@H]1CC[C@H](Nc2ncc(F)c(-c3ccnc(N4CCOC4=O)c3)n2)CC1. The molecule has 2 amide bonds. The Morgan fingerprint density at radius 2 is 1.94 bits per heavy atom. The number of rotatable bonds is 5. The predicted molar refractivity (Wildman–Crippen MR) is 123 cm³/mol. The van der Waals surface area contributed by atoms with E-state index in [0.717, 1.165) is 31.9 Å². The van der Waals surface area contributed by atoms with Crippen molar-refractivity contribution in [2.75, 3.05) is 23.4 Å². The van der Waals surface area contributed by atoms with Crippen molar-refractivity contribution in [3.8, 4) is 11.3 Å². The van der Waals surface area contributed by atoms with Gasteiger partial charge in [-0.2, -0.15) is 0 Å². The number of carbonyl (C=O) groups excluding carboxylic acids is 2. The summed E-state index contributed by atoms with van der Waals surface area (Å²) in [5, 5.41) is 6.19. The number of halogens is 1. The van der Waals surface area contributed by atoms with Crippen molar-refractivity contribution in [2.24, 2.45) is 0 Å². The number of alkyl carbamates (subject to hydrolysis) is 1. The van der Waals surface area contributed by atoms with E-state index in [-0.39, 0.29) is 24.4 Å². The Hall–Kier alpha value is -3.50. The molecule has 0 atom stereocenters. The largest absolute Gasteiger partial charge is 0.447 e.